The van der Waals surface area contributed by atoms with Gasteiger partial charge in [0.1, 0.15) is 0 Å². The van der Waals surface area contributed by atoms with Gasteiger partial charge in [0, 0.05) is 0 Å². The molecule has 0 fully saturated rings. The van der Waals surface area contributed by atoms with E-state index in [1.54, 1.807) is 24.3 Å². The summed E-state index contributed by atoms with van der Waals surface area (Å²) in [5.41, 5.74) is 14.6. The summed E-state index contributed by atoms with van der Waals surface area (Å²) in [4.78, 5) is 21.8. The van der Waals surface area contributed by atoms with Gasteiger partial charge in [0.2, 0.25) is 0 Å². The molecule has 0 unspecified atom stereocenters. The normalized spacial score (nSPS) is 10.5. The minimum atomic E-state index is -0.536. The van der Waals surface area contributed by atoms with E-state index in [4.69, 9.17) is 0 Å². The number of hydrogen-bond acceptors (Lipinski definition) is 5. The zero-order valence-electron chi connectivity index (χ0n) is 10.4. The average molecular weight is 240 g/mol. The van der Waals surface area contributed by atoms with Crippen LogP contribution in [0.3, 0.4) is 0 Å². The van der Waals surface area contributed by atoms with Crippen molar-refractivity contribution in [1.82, 2.24) is 0 Å². The van der Waals surface area contributed by atoms with Gasteiger partial charge in [-0.25, -0.2) is 0 Å². The van der Waals surface area contributed by atoms with Gasteiger partial charge in [-0.15, -0.1) is 0 Å². The van der Waals surface area contributed by atoms with E-state index in [1.165, 1.54) is 21.1 Å². The van der Waals surface area contributed by atoms with Gasteiger partial charge >= 0.3 is 0 Å². The molecule has 0 saturated carbocycles. The lowest BCUT2D eigenvalue weighted by Gasteiger charge is -1.91. The lowest BCUT2D eigenvalue weighted by atomic mass is 10.1. The number of amides is 1. The summed E-state index contributed by atoms with van der Waals surface area (Å²) in [7, 11) is 4.50. The second-order valence-corrected chi connectivity index (χ2v) is 2.33. The van der Waals surface area contributed by atoms with Crippen LogP contribution in [0.15, 0.2) is 24.3 Å². The van der Waals surface area contributed by atoms with Crippen LogP contribution >= 0.6 is 0 Å². The van der Waals surface area contributed by atoms with Gasteiger partial charge in [0.05, 0.1) is 11.3 Å². The Balaban J connectivity index is 0. The van der Waals surface area contributed by atoms with Crippen molar-refractivity contribution >= 4 is 17.4 Å². The van der Waals surface area contributed by atoms with E-state index in [2.05, 4.69) is 22.5 Å². The zero-order chi connectivity index (χ0) is 13.8. The van der Waals surface area contributed by atoms with Gasteiger partial charge in [-0.3, -0.25) is 9.59 Å². The minimum absolute atomic E-state index is 0.444. The molecule has 0 atom stereocenters. The number of ketones is 1. The molecular weight excluding hydrogens is 220 g/mol. The van der Waals surface area contributed by atoms with Gasteiger partial charge in [-0.05, 0) is 33.3 Å². The Morgan fingerprint density at radius 2 is 1.35 bits per heavy atom. The lowest BCUT2D eigenvalue weighted by molar-refractivity contribution is -0.112. The molecule has 17 heavy (non-hydrogen) atoms. The van der Waals surface area contributed by atoms with Crippen molar-refractivity contribution in [3.63, 3.8) is 0 Å². The first kappa shape index (κ1) is 17.6. The summed E-state index contributed by atoms with van der Waals surface area (Å²) in [6.07, 6.45) is 0. The maximum Gasteiger partial charge on any atom is 0.296 e. The molecule has 1 heterocycles. The Labute approximate surface area is 101 Å². The van der Waals surface area contributed by atoms with E-state index in [-0.39, 0.29) is 0 Å². The van der Waals surface area contributed by atoms with Crippen LogP contribution in [-0.2, 0) is 4.79 Å². The van der Waals surface area contributed by atoms with Crippen LogP contribution in [0.1, 0.15) is 10.4 Å². The van der Waals surface area contributed by atoms with Crippen molar-refractivity contribution in [3.8, 4) is 0 Å². The SMILES string of the molecule is CN.CN.CN.O=C1Nc2ccccc2C1=O. The third kappa shape index (κ3) is 4.73. The number of nitrogens with one attached hydrogen (secondary N) is 1. The Hall–Kier alpha value is -1.76. The Morgan fingerprint density at radius 1 is 0.882 bits per heavy atom. The number of para-hydroxylation sites is 1. The van der Waals surface area contributed by atoms with Crippen LogP contribution in [0.2, 0.25) is 0 Å². The topological polar surface area (TPSA) is 124 Å². The molecule has 96 valence electrons. The minimum Gasteiger partial charge on any atom is -0.333 e. The number of anilines is 1. The van der Waals surface area contributed by atoms with E-state index in [9.17, 15) is 9.59 Å². The third-order valence-corrected chi connectivity index (χ3v) is 1.63. The van der Waals surface area contributed by atoms with E-state index in [0.717, 1.165) is 0 Å². The van der Waals surface area contributed by atoms with E-state index < -0.39 is 11.7 Å². The highest BCUT2D eigenvalue weighted by Gasteiger charge is 2.26. The Kier molecular flexibility index (Phi) is 11.1. The molecule has 1 aliphatic rings. The molecule has 1 amide bonds. The smallest absolute Gasteiger partial charge is 0.296 e. The van der Waals surface area contributed by atoms with Crippen LogP contribution < -0.4 is 22.5 Å². The number of nitrogens with two attached hydrogens (primary N) is 3. The molecule has 0 aromatic heterocycles. The van der Waals surface area contributed by atoms with E-state index in [1.807, 2.05) is 0 Å². The molecule has 1 aromatic rings. The third-order valence-electron chi connectivity index (χ3n) is 1.63. The number of Topliss-reactive ketones (excluding diaryl/α,β-unsaturated/α-hetero) is 1. The van der Waals surface area contributed by atoms with Gasteiger partial charge in [0.25, 0.3) is 11.7 Å². The van der Waals surface area contributed by atoms with E-state index in [0.29, 0.717) is 11.3 Å². The molecule has 0 bridgehead atoms. The first-order chi connectivity index (χ1) is 8.29. The van der Waals surface area contributed by atoms with Gasteiger partial charge in [0.15, 0.2) is 0 Å². The predicted octanol–water partition coefficient (Wildman–Crippen LogP) is -0.454. The summed E-state index contributed by atoms with van der Waals surface area (Å²) in [5.74, 6) is -0.980. The number of hydrogen-bond donors (Lipinski definition) is 4. The average Bonchev–Trinajstić information content (AvgIpc) is 2.73. The largest absolute Gasteiger partial charge is 0.333 e. The molecule has 0 spiro atoms. The molecule has 0 saturated heterocycles. The molecule has 2 rings (SSSR count). The van der Waals surface area contributed by atoms with Gasteiger partial charge < -0.3 is 22.5 Å². The van der Waals surface area contributed by atoms with Crippen LogP contribution in [0.25, 0.3) is 0 Å². The molecule has 1 aliphatic heterocycles. The highest BCUT2D eigenvalue weighted by molar-refractivity contribution is 6.51. The fraction of sp³-hybridized carbons (Fsp3) is 0.273. The fourth-order valence-corrected chi connectivity index (χ4v) is 1.09. The van der Waals surface area contributed by atoms with Crippen molar-refractivity contribution in [3.05, 3.63) is 29.8 Å². The van der Waals surface area contributed by atoms with Crippen molar-refractivity contribution in [2.75, 3.05) is 26.5 Å². The quantitative estimate of drug-likeness (QED) is 0.457. The molecule has 6 nitrogen and oxygen atoms in total. The lowest BCUT2D eigenvalue weighted by Crippen LogP contribution is -2.12. The summed E-state index contributed by atoms with van der Waals surface area (Å²) in [6, 6.07) is 6.85. The second-order valence-electron chi connectivity index (χ2n) is 2.33. The van der Waals surface area contributed by atoms with Gasteiger partial charge in [-0.2, -0.15) is 0 Å². The fourth-order valence-electron chi connectivity index (χ4n) is 1.09. The zero-order valence-corrected chi connectivity index (χ0v) is 10.4. The molecule has 1 aromatic carbocycles. The monoisotopic (exact) mass is 240 g/mol. The first-order valence-electron chi connectivity index (χ1n) is 4.97. The number of carbonyl (C=O) groups excluding carboxylic acids is 2. The summed E-state index contributed by atoms with van der Waals surface area (Å²) in [5, 5.41) is 2.46. The van der Waals surface area contributed by atoms with Crippen molar-refractivity contribution < 1.29 is 9.59 Å². The Morgan fingerprint density at radius 3 is 1.82 bits per heavy atom. The first-order valence-corrected chi connectivity index (χ1v) is 4.97. The standard InChI is InChI=1S/C8H5NO2.3CH5N/c10-7-5-3-1-2-4-6(5)9-8(7)11;3*1-2/h1-4H,(H,9,10,11);3*2H2,1H3. The highest BCUT2D eigenvalue weighted by atomic mass is 16.2. The maximum absolute atomic E-state index is 11.0. The van der Waals surface area contributed by atoms with Crippen LogP contribution in [-0.4, -0.2) is 32.8 Å². The number of rotatable bonds is 0. The number of benzene rings is 1. The van der Waals surface area contributed by atoms with Crippen molar-refractivity contribution in [2.24, 2.45) is 17.2 Å². The van der Waals surface area contributed by atoms with E-state index >= 15 is 0 Å². The molecule has 6 heteroatoms. The second kappa shape index (κ2) is 10.7. The summed E-state index contributed by atoms with van der Waals surface area (Å²) in [6.45, 7) is 0. The summed E-state index contributed by atoms with van der Waals surface area (Å²) < 4.78 is 0. The maximum atomic E-state index is 11.0. The van der Waals surface area contributed by atoms with Crippen LogP contribution in [0, 0.1) is 0 Å². The number of carbonyl (C=O) groups is 2. The highest BCUT2D eigenvalue weighted by Crippen LogP contribution is 2.21. The number of fused-ring (bicyclic) bond motifs is 1. The van der Waals surface area contributed by atoms with Crippen molar-refractivity contribution in [1.29, 1.82) is 0 Å². The van der Waals surface area contributed by atoms with Gasteiger partial charge in [-0.1, -0.05) is 12.1 Å². The van der Waals surface area contributed by atoms with Crippen LogP contribution in [0.5, 0.6) is 0 Å². The van der Waals surface area contributed by atoms with Crippen LogP contribution in [0.4, 0.5) is 5.69 Å². The Bertz CT molecular complexity index is 353. The predicted molar refractivity (Wildman–Crippen MR) is 69.7 cm³/mol. The van der Waals surface area contributed by atoms with Crippen molar-refractivity contribution in [2.45, 2.75) is 0 Å². The molecule has 0 radical (unpaired) electrons. The molecule has 7 N–H and O–H groups in total. The summed E-state index contributed by atoms with van der Waals surface area (Å²) >= 11 is 0. The molecular formula is C11H20N4O2. The molecule has 0 aliphatic carbocycles.